The number of sulfonamides is 1. The molecule has 1 atom stereocenters. The molecule has 0 radical (unpaired) electrons. The number of hydrogen-bond acceptors (Lipinski definition) is 3. The number of nitrogens with one attached hydrogen (secondary N) is 1. The largest absolute Gasteiger partial charge is 0.388 e. The van der Waals surface area contributed by atoms with Crippen LogP contribution in [-0.4, -0.2) is 32.9 Å². The number of benzene rings is 1. The molecule has 1 heterocycles. The van der Waals surface area contributed by atoms with Gasteiger partial charge < -0.3 is 5.32 Å². The van der Waals surface area contributed by atoms with Gasteiger partial charge in [0.25, 0.3) is 0 Å². The summed E-state index contributed by atoms with van der Waals surface area (Å²) in [4.78, 5) is 0.477. The first-order valence-corrected chi connectivity index (χ1v) is 8.59. The minimum Gasteiger partial charge on any atom is -0.388 e. The number of anilines is 1. The third-order valence-corrected chi connectivity index (χ3v) is 6.14. The van der Waals surface area contributed by atoms with Gasteiger partial charge in [0, 0.05) is 25.8 Å². The first-order valence-electron chi connectivity index (χ1n) is 7.15. The number of aryl methyl sites for hydroxylation is 2. The third kappa shape index (κ3) is 2.83. The van der Waals surface area contributed by atoms with E-state index in [9.17, 15) is 8.42 Å². The lowest BCUT2D eigenvalue weighted by molar-refractivity contribution is 0.281. The van der Waals surface area contributed by atoms with Crippen LogP contribution in [0.15, 0.2) is 17.0 Å². The van der Waals surface area contributed by atoms with Crippen molar-refractivity contribution in [1.82, 2.24) is 4.31 Å². The van der Waals surface area contributed by atoms with Crippen LogP contribution in [0.25, 0.3) is 0 Å². The Morgan fingerprint density at radius 3 is 2.35 bits per heavy atom. The van der Waals surface area contributed by atoms with Crippen LogP contribution in [0.2, 0.25) is 0 Å². The van der Waals surface area contributed by atoms with Crippen LogP contribution in [0.1, 0.15) is 30.9 Å². The minimum atomic E-state index is -3.38. The van der Waals surface area contributed by atoms with Crippen molar-refractivity contribution >= 4 is 15.7 Å². The molecule has 1 saturated heterocycles. The molecule has 1 aromatic rings. The molecule has 1 aliphatic rings. The second kappa shape index (κ2) is 5.74. The summed E-state index contributed by atoms with van der Waals surface area (Å²) in [6.45, 7) is 7.13. The summed E-state index contributed by atoms with van der Waals surface area (Å²) >= 11 is 0. The van der Waals surface area contributed by atoms with Gasteiger partial charge in [-0.3, -0.25) is 0 Å². The average molecular weight is 296 g/mol. The van der Waals surface area contributed by atoms with E-state index in [2.05, 4.69) is 12.2 Å². The van der Waals surface area contributed by atoms with Crippen molar-refractivity contribution in [3.63, 3.8) is 0 Å². The summed E-state index contributed by atoms with van der Waals surface area (Å²) in [5, 5.41) is 3.07. The normalized spacial score (nSPS) is 20.9. The van der Waals surface area contributed by atoms with Gasteiger partial charge in [0.05, 0.1) is 4.90 Å². The van der Waals surface area contributed by atoms with Crippen molar-refractivity contribution in [2.45, 2.75) is 38.5 Å². The monoisotopic (exact) mass is 296 g/mol. The summed E-state index contributed by atoms with van der Waals surface area (Å²) in [5.74, 6) is 0.440. The average Bonchev–Trinajstić information content (AvgIpc) is 2.37. The molecule has 1 aliphatic heterocycles. The topological polar surface area (TPSA) is 49.4 Å². The Hall–Kier alpha value is -1.07. The molecular formula is C15H24N2O2S. The standard InChI is InChI=1S/C15H24N2O2S/c1-11-6-5-7-17(10-11)20(18,19)15-12(2)8-14(16-4)9-13(15)3/h8-9,11,16H,5-7,10H2,1-4H3. The molecule has 0 amide bonds. The molecule has 0 aliphatic carbocycles. The molecule has 1 N–H and O–H groups in total. The van der Waals surface area contributed by atoms with Crippen LogP contribution >= 0.6 is 0 Å². The van der Waals surface area contributed by atoms with E-state index in [1.54, 1.807) is 4.31 Å². The SMILES string of the molecule is CNc1cc(C)c(S(=O)(=O)N2CCCC(C)C2)c(C)c1. The van der Waals surface area contributed by atoms with Gasteiger partial charge >= 0.3 is 0 Å². The highest BCUT2D eigenvalue weighted by molar-refractivity contribution is 7.89. The Labute approximate surface area is 122 Å². The van der Waals surface area contributed by atoms with Crippen molar-refractivity contribution in [3.05, 3.63) is 23.3 Å². The lowest BCUT2D eigenvalue weighted by Gasteiger charge is -2.31. The van der Waals surface area contributed by atoms with E-state index in [1.165, 1.54) is 0 Å². The quantitative estimate of drug-likeness (QED) is 0.933. The number of piperidine rings is 1. The summed E-state index contributed by atoms with van der Waals surface area (Å²) in [6.07, 6.45) is 2.07. The van der Waals surface area contributed by atoms with Crippen molar-refractivity contribution in [3.8, 4) is 0 Å². The number of hydrogen-bond donors (Lipinski definition) is 1. The number of rotatable bonds is 3. The molecule has 2 rings (SSSR count). The van der Waals surface area contributed by atoms with Gasteiger partial charge in [-0.05, 0) is 55.9 Å². The predicted molar refractivity (Wildman–Crippen MR) is 82.6 cm³/mol. The second-order valence-electron chi connectivity index (χ2n) is 5.80. The van der Waals surface area contributed by atoms with Crippen LogP contribution in [0, 0.1) is 19.8 Å². The fourth-order valence-corrected chi connectivity index (χ4v) is 5.01. The lowest BCUT2D eigenvalue weighted by Crippen LogP contribution is -2.39. The van der Waals surface area contributed by atoms with Crippen LogP contribution < -0.4 is 5.32 Å². The molecule has 4 nitrogen and oxygen atoms in total. The van der Waals surface area contributed by atoms with Crippen molar-refractivity contribution < 1.29 is 8.42 Å². The maximum absolute atomic E-state index is 12.9. The van der Waals surface area contributed by atoms with Gasteiger partial charge in [0.1, 0.15) is 0 Å². The van der Waals surface area contributed by atoms with E-state index in [0.717, 1.165) is 29.7 Å². The second-order valence-corrected chi connectivity index (χ2v) is 7.67. The zero-order chi connectivity index (χ0) is 14.9. The third-order valence-electron chi connectivity index (χ3n) is 3.97. The Bertz CT molecular complexity index is 573. The smallest absolute Gasteiger partial charge is 0.243 e. The van der Waals surface area contributed by atoms with Gasteiger partial charge in [0.15, 0.2) is 0 Å². The van der Waals surface area contributed by atoms with Gasteiger partial charge in [-0.25, -0.2) is 8.42 Å². The van der Waals surface area contributed by atoms with E-state index in [1.807, 2.05) is 33.0 Å². The highest BCUT2D eigenvalue weighted by Gasteiger charge is 2.31. The first-order chi connectivity index (χ1) is 9.36. The molecule has 1 aromatic carbocycles. The fraction of sp³-hybridized carbons (Fsp3) is 0.600. The molecule has 112 valence electrons. The maximum atomic E-state index is 12.9. The van der Waals surface area contributed by atoms with E-state index in [0.29, 0.717) is 23.9 Å². The van der Waals surface area contributed by atoms with Crippen molar-refractivity contribution in [2.75, 3.05) is 25.5 Å². The molecule has 0 aromatic heterocycles. The Balaban J connectivity index is 2.44. The van der Waals surface area contributed by atoms with Gasteiger partial charge in [-0.1, -0.05) is 6.92 Å². The molecule has 5 heteroatoms. The van der Waals surface area contributed by atoms with Crippen LogP contribution in [0.4, 0.5) is 5.69 Å². The van der Waals surface area contributed by atoms with Gasteiger partial charge in [0.2, 0.25) is 10.0 Å². The highest BCUT2D eigenvalue weighted by atomic mass is 32.2. The van der Waals surface area contributed by atoms with E-state index >= 15 is 0 Å². The first kappa shape index (κ1) is 15.3. The van der Waals surface area contributed by atoms with Crippen LogP contribution in [-0.2, 0) is 10.0 Å². The summed E-state index contributed by atoms with van der Waals surface area (Å²) in [7, 11) is -1.53. The number of nitrogens with zero attached hydrogens (tertiary/aromatic N) is 1. The molecule has 0 spiro atoms. The van der Waals surface area contributed by atoms with Crippen molar-refractivity contribution in [2.24, 2.45) is 5.92 Å². The zero-order valence-electron chi connectivity index (χ0n) is 12.7. The van der Waals surface area contributed by atoms with E-state index in [4.69, 9.17) is 0 Å². The van der Waals surface area contributed by atoms with E-state index in [-0.39, 0.29) is 0 Å². The minimum absolute atomic E-state index is 0.440. The molecule has 0 bridgehead atoms. The van der Waals surface area contributed by atoms with Gasteiger partial charge in [-0.15, -0.1) is 0 Å². The molecule has 1 unspecified atom stereocenters. The molecule has 0 saturated carbocycles. The van der Waals surface area contributed by atoms with Gasteiger partial charge in [-0.2, -0.15) is 4.31 Å². The molecule has 20 heavy (non-hydrogen) atoms. The molecule has 1 fully saturated rings. The summed E-state index contributed by atoms with van der Waals surface area (Å²) in [6, 6.07) is 3.79. The highest BCUT2D eigenvalue weighted by Crippen LogP contribution is 2.29. The lowest BCUT2D eigenvalue weighted by atomic mass is 10.0. The van der Waals surface area contributed by atoms with Crippen LogP contribution in [0.5, 0.6) is 0 Å². The Kier molecular flexibility index (Phi) is 4.39. The predicted octanol–water partition coefficient (Wildman–Crippen LogP) is 2.77. The summed E-state index contributed by atoms with van der Waals surface area (Å²) < 4.78 is 27.4. The fourth-order valence-electron chi connectivity index (χ4n) is 3.00. The maximum Gasteiger partial charge on any atom is 0.243 e. The summed E-state index contributed by atoms with van der Waals surface area (Å²) in [5.41, 5.74) is 2.58. The Morgan fingerprint density at radius 2 is 1.85 bits per heavy atom. The Morgan fingerprint density at radius 1 is 1.25 bits per heavy atom. The zero-order valence-corrected chi connectivity index (χ0v) is 13.5. The molecular weight excluding hydrogens is 272 g/mol. The van der Waals surface area contributed by atoms with E-state index < -0.39 is 10.0 Å². The van der Waals surface area contributed by atoms with Crippen LogP contribution in [0.3, 0.4) is 0 Å². The van der Waals surface area contributed by atoms with Crippen molar-refractivity contribution in [1.29, 1.82) is 0 Å².